The first-order valence-electron chi connectivity index (χ1n) is 10.0. The summed E-state index contributed by atoms with van der Waals surface area (Å²) in [5, 5.41) is 3.34. The van der Waals surface area contributed by atoms with E-state index < -0.39 is 15.5 Å². The Bertz CT molecular complexity index is 1210. The molecule has 10 heteroatoms. The van der Waals surface area contributed by atoms with E-state index in [0.29, 0.717) is 17.1 Å². The van der Waals surface area contributed by atoms with E-state index in [4.69, 9.17) is 10.5 Å². The quantitative estimate of drug-likeness (QED) is 0.613. The summed E-state index contributed by atoms with van der Waals surface area (Å²) in [7, 11) is -2.43. The summed E-state index contributed by atoms with van der Waals surface area (Å²) in [6.45, 7) is 0. The number of hydrogen-bond donors (Lipinski definition) is 2. The highest BCUT2D eigenvalue weighted by Gasteiger charge is 2.22. The summed E-state index contributed by atoms with van der Waals surface area (Å²) in [6.07, 6.45) is 9.57. The third-order valence-electron chi connectivity index (χ3n) is 5.02. The predicted molar refractivity (Wildman–Crippen MR) is 120 cm³/mol. The second-order valence-corrected chi connectivity index (χ2v) is 10.5. The Hall–Kier alpha value is -2.85. The molecule has 1 aliphatic carbocycles. The molecular formula is C21H25FN6O2S. The molecule has 1 aromatic carbocycles. The van der Waals surface area contributed by atoms with Crippen molar-refractivity contribution in [3.8, 4) is 5.88 Å². The molecule has 0 spiro atoms. The maximum atomic E-state index is 15.0. The highest BCUT2D eigenvalue weighted by molar-refractivity contribution is 7.92. The van der Waals surface area contributed by atoms with Crippen LogP contribution in [0.2, 0.25) is 0 Å². The van der Waals surface area contributed by atoms with E-state index in [1.807, 2.05) is 0 Å². The summed E-state index contributed by atoms with van der Waals surface area (Å²) in [5.74, 6) is 0.153. The molecule has 8 nitrogen and oxygen atoms in total. The van der Waals surface area contributed by atoms with Crippen molar-refractivity contribution in [3.05, 3.63) is 42.6 Å². The summed E-state index contributed by atoms with van der Waals surface area (Å²) in [4.78, 5) is 12.7. The van der Waals surface area contributed by atoms with Gasteiger partial charge in [0.05, 0.1) is 16.6 Å². The summed E-state index contributed by atoms with van der Waals surface area (Å²) in [5.41, 5.74) is 7.18. The lowest BCUT2D eigenvalue weighted by Crippen LogP contribution is -2.31. The van der Waals surface area contributed by atoms with Crippen molar-refractivity contribution in [3.63, 3.8) is 0 Å². The third-order valence-corrected chi connectivity index (χ3v) is 5.67. The molecule has 0 bridgehead atoms. The fourth-order valence-electron chi connectivity index (χ4n) is 3.60. The van der Waals surface area contributed by atoms with Gasteiger partial charge in [-0.3, -0.25) is 0 Å². The Balaban J connectivity index is 1.66. The van der Waals surface area contributed by atoms with Gasteiger partial charge in [0, 0.05) is 40.5 Å². The van der Waals surface area contributed by atoms with Gasteiger partial charge in [0.25, 0.3) is 0 Å². The van der Waals surface area contributed by atoms with E-state index in [9.17, 15) is 8.60 Å². The van der Waals surface area contributed by atoms with Crippen LogP contribution >= 0.6 is 0 Å². The first-order chi connectivity index (χ1) is 14.8. The lowest BCUT2D eigenvalue weighted by Gasteiger charge is -2.27. The average Bonchev–Trinajstić information content (AvgIpc) is 2.70. The maximum Gasteiger partial charge on any atom is 0.238 e. The number of pyridine rings is 1. The number of rotatable bonds is 5. The second-order valence-electron chi connectivity index (χ2n) is 7.95. The molecule has 1 fully saturated rings. The van der Waals surface area contributed by atoms with Crippen LogP contribution in [0, 0.1) is 5.82 Å². The molecule has 31 heavy (non-hydrogen) atoms. The molecule has 1 aliphatic rings. The van der Waals surface area contributed by atoms with Crippen LogP contribution in [0.3, 0.4) is 0 Å². The van der Waals surface area contributed by atoms with E-state index in [1.54, 1.807) is 24.4 Å². The molecule has 0 unspecified atom stereocenters. The maximum absolute atomic E-state index is 15.0. The van der Waals surface area contributed by atoms with Crippen molar-refractivity contribution >= 4 is 37.8 Å². The van der Waals surface area contributed by atoms with Crippen LogP contribution in [0.5, 0.6) is 5.88 Å². The number of nitrogens with two attached hydrogens (primary N) is 1. The van der Waals surface area contributed by atoms with Crippen molar-refractivity contribution in [2.45, 2.75) is 37.8 Å². The fourth-order valence-corrected chi connectivity index (χ4v) is 4.21. The van der Waals surface area contributed by atoms with Gasteiger partial charge in [-0.1, -0.05) is 0 Å². The molecule has 3 aromatic rings. The number of nitrogens with zero attached hydrogens (tertiary/aromatic N) is 4. The molecule has 0 saturated heterocycles. The van der Waals surface area contributed by atoms with Gasteiger partial charge in [-0.15, -0.1) is 0 Å². The monoisotopic (exact) mass is 444 g/mol. The van der Waals surface area contributed by atoms with Gasteiger partial charge in [0.1, 0.15) is 29.8 Å². The van der Waals surface area contributed by atoms with E-state index in [-0.39, 0.29) is 29.0 Å². The number of fused-ring (bicyclic) bond motifs is 1. The number of halogens is 1. The van der Waals surface area contributed by atoms with E-state index >= 15 is 0 Å². The van der Waals surface area contributed by atoms with Gasteiger partial charge in [-0.2, -0.15) is 4.36 Å². The Labute approximate surface area is 180 Å². The van der Waals surface area contributed by atoms with Crippen LogP contribution in [-0.4, -0.2) is 43.8 Å². The van der Waals surface area contributed by atoms with Gasteiger partial charge >= 0.3 is 0 Å². The molecule has 164 valence electrons. The summed E-state index contributed by atoms with van der Waals surface area (Å²) in [6, 6.07) is 6.61. The van der Waals surface area contributed by atoms with Gasteiger partial charge in [0.15, 0.2) is 0 Å². The van der Waals surface area contributed by atoms with Crippen LogP contribution in [0.1, 0.15) is 25.7 Å². The lowest BCUT2D eigenvalue weighted by molar-refractivity contribution is 0.142. The third kappa shape index (κ3) is 5.26. The number of anilines is 2. The molecular weight excluding hydrogens is 419 g/mol. The largest absolute Gasteiger partial charge is 0.473 e. The van der Waals surface area contributed by atoms with Gasteiger partial charge in [-0.25, -0.2) is 23.6 Å². The number of ether oxygens (including phenoxy) is 1. The smallest absolute Gasteiger partial charge is 0.238 e. The van der Waals surface area contributed by atoms with E-state index in [0.717, 1.165) is 25.7 Å². The van der Waals surface area contributed by atoms with Crippen molar-refractivity contribution < 1.29 is 13.3 Å². The highest BCUT2D eigenvalue weighted by Crippen LogP contribution is 2.33. The van der Waals surface area contributed by atoms with Gasteiger partial charge < -0.3 is 15.8 Å². The zero-order chi connectivity index (χ0) is 22.0. The van der Waals surface area contributed by atoms with Crippen molar-refractivity contribution in [1.82, 2.24) is 15.0 Å². The van der Waals surface area contributed by atoms with Gasteiger partial charge in [0.2, 0.25) is 5.88 Å². The number of nitrogens with one attached hydrogen (secondary N) is 1. The molecule has 0 aliphatic heterocycles. The Kier molecular flexibility index (Phi) is 6.01. The minimum absolute atomic E-state index is 0.0382. The SMILES string of the molecule is CS(C)(=O)=Nc1cc(F)c2c(Nc3cccnc3O[C@H]3CC[C@H](N)CC3)ncnc2c1. The predicted octanol–water partition coefficient (Wildman–Crippen LogP) is 3.92. The zero-order valence-corrected chi connectivity index (χ0v) is 18.2. The van der Waals surface area contributed by atoms with Crippen molar-refractivity contribution in [1.29, 1.82) is 0 Å². The molecule has 3 N–H and O–H groups in total. The summed E-state index contributed by atoms with van der Waals surface area (Å²) >= 11 is 0. The molecule has 0 radical (unpaired) electrons. The second kappa shape index (κ2) is 8.72. The number of benzene rings is 1. The molecule has 0 atom stereocenters. The van der Waals surface area contributed by atoms with Gasteiger partial charge in [-0.05, 0) is 43.9 Å². The van der Waals surface area contributed by atoms with E-state index in [1.165, 1.54) is 24.9 Å². The molecule has 1 saturated carbocycles. The topological polar surface area (TPSA) is 115 Å². The molecule has 4 rings (SSSR count). The highest BCUT2D eigenvalue weighted by atomic mass is 32.2. The molecule has 2 heterocycles. The normalized spacial score (nSPS) is 19.2. The van der Waals surface area contributed by atoms with Crippen LogP contribution in [0.4, 0.5) is 21.6 Å². The number of hydrogen-bond acceptors (Lipinski definition) is 8. The Morgan fingerprint density at radius 3 is 2.71 bits per heavy atom. The standard InChI is InChI=1S/C21H25FN6O2S/c1-31(2,29)28-14-10-16(22)19-18(11-14)25-12-26-20(19)27-17-4-3-9-24-21(17)30-15-7-5-13(23)6-8-15/h3-4,9-13,15H,5-8,23H2,1-2H3,(H,25,26,27)/t13-,15-. The lowest BCUT2D eigenvalue weighted by atomic mass is 9.94. The Morgan fingerprint density at radius 2 is 1.97 bits per heavy atom. The van der Waals surface area contributed by atoms with E-state index in [2.05, 4.69) is 24.6 Å². The Morgan fingerprint density at radius 1 is 1.19 bits per heavy atom. The first-order valence-corrected chi connectivity index (χ1v) is 12.4. The fraction of sp³-hybridized carbons (Fsp3) is 0.381. The molecule has 2 aromatic heterocycles. The zero-order valence-electron chi connectivity index (χ0n) is 17.4. The molecule has 0 amide bonds. The average molecular weight is 445 g/mol. The van der Waals surface area contributed by atoms with Crippen molar-refractivity contribution in [2.24, 2.45) is 10.1 Å². The summed E-state index contributed by atoms with van der Waals surface area (Å²) < 4.78 is 37.1. The van der Waals surface area contributed by atoms with Crippen LogP contribution in [0.25, 0.3) is 10.9 Å². The van der Waals surface area contributed by atoms with Crippen LogP contribution in [0.15, 0.2) is 41.2 Å². The minimum atomic E-state index is -2.43. The van der Waals surface area contributed by atoms with Crippen LogP contribution < -0.4 is 15.8 Å². The van der Waals surface area contributed by atoms with Crippen molar-refractivity contribution in [2.75, 3.05) is 17.8 Å². The number of aromatic nitrogens is 3. The first kappa shape index (κ1) is 21.4. The van der Waals surface area contributed by atoms with Crippen LogP contribution in [-0.2, 0) is 9.73 Å². The minimum Gasteiger partial charge on any atom is -0.473 e.